The summed E-state index contributed by atoms with van der Waals surface area (Å²) in [4.78, 5) is 11.1. The first-order valence-corrected chi connectivity index (χ1v) is 9.88. The van der Waals surface area contributed by atoms with E-state index < -0.39 is 0 Å². The molecule has 2 fully saturated rings. The van der Waals surface area contributed by atoms with Crippen molar-refractivity contribution in [2.75, 3.05) is 31.2 Å². The van der Waals surface area contributed by atoms with Crippen molar-refractivity contribution in [3.8, 4) is 5.82 Å². The smallest absolute Gasteiger partial charge is 0.159 e. The molecule has 2 aromatic heterocycles. The minimum atomic E-state index is -0.166. The molecule has 0 spiro atoms. The Kier molecular flexibility index (Phi) is 4.41. The first-order chi connectivity index (χ1) is 13.3. The van der Waals surface area contributed by atoms with Crippen molar-refractivity contribution < 1.29 is 9.84 Å². The third-order valence-electron chi connectivity index (χ3n) is 6.10. The third kappa shape index (κ3) is 3.15. The Bertz CT molecular complexity index is 936. The van der Waals surface area contributed by atoms with Gasteiger partial charge in [-0.2, -0.15) is 5.10 Å². The van der Waals surface area contributed by atoms with E-state index in [2.05, 4.69) is 32.1 Å². The van der Waals surface area contributed by atoms with Gasteiger partial charge in [0.05, 0.1) is 30.9 Å². The van der Waals surface area contributed by atoms with Crippen LogP contribution < -0.4 is 15.5 Å². The molecule has 2 unspecified atom stereocenters. The molecule has 1 N–H and O–H groups in total. The van der Waals surface area contributed by atoms with E-state index in [4.69, 9.17) is 4.74 Å². The fourth-order valence-corrected chi connectivity index (χ4v) is 4.27. The normalized spacial score (nSPS) is 25.3. The molecule has 0 radical (unpaired) electrons. The van der Waals surface area contributed by atoms with Gasteiger partial charge in [-0.25, -0.2) is 14.6 Å². The Morgan fingerprint density at radius 3 is 2.93 bits per heavy atom. The van der Waals surface area contributed by atoms with Gasteiger partial charge in [-0.05, 0) is 31.1 Å². The molecule has 1 aliphatic heterocycles. The van der Waals surface area contributed by atoms with Gasteiger partial charge in [0.1, 0.15) is 12.1 Å². The number of aliphatic hydroxyl groups excluding tert-OH is 1. The summed E-state index contributed by atoms with van der Waals surface area (Å²) in [7, 11) is 0. The number of fused-ring (bicyclic) bond motifs is 1. The number of nitrogens with zero attached hydrogens (tertiary/aromatic N) is 5. The number of aliphatic hydroxyl groups is 1. The van der Waals surface area contributed by atoms with Crippen molar-refractivity contribution in [3.63, 3.8) is 0 Å². The molecule has 0 bridgehead atoms. The third-order valence-corrected chi connectivity index (χ3v) is 6.10. The molecule has 0 amide bonds. The molecular weight excluding hydrogens is 342 g/mol. The standard InChI is InChI=1S/C20H25N5O2/c26-12-17-11-24(6-7-27-17)19-9-20(22-13-21-19)25-18-8-15(14-2-1-3-14)4-5-16(18)10-23-25/h5,8-10,13-15,17,26H,1-4,6-7,11-12H2. The Labute approximate surface area is 158 Å². The van der Waals surface area contributed by atoms with Gasteiger partial charge in [-0.1, -0.05) is 18.6 Å². The van der Waals surface area contributed by atoms with Crippen LogP contribution in [0.4, 0.5) is 5.82 Å². The lowest BCUT2D eigenvalue weighted by molar-refractivity contribution is 0.00335. The van der Waals surface area contributed by atoms with Gasteiger partial charge in [0.25, 0.3) is 0 Å². The van der Waals surface area contributed by atoms with E-state index in [1.54, 1.807) is 6.33 Å². The monoisotopic (exact) mass is 367 g/mol. The Balaban J connectivity index is 1.47. The van der Waals surface area contributed by atoms with Gasteiger partial charge in [0.2, 0.25) is 0 Å². The Morgan fingerprint density at radius 2 is 2.11 bits per heavy atom. The van der Waals surface area contributed by atoms with Crippen LogP contribution in [0.1, 0.15) is 25.7 Å². The summed E-state index contributed by atoms with van der Waals surface area (Å²) in [5, 5.41) is 16.3. The lowest BCUT2D eigenvalue weighted by atomic mass is 9.73. The minimum Gasteiger partial charge on any atom is -0.394 e. The maximum Gasteiger partial charge on any atom is 0.159 e. The molecule has 1 saturated heterocycles. The summed E-state index contributed by atoms with van der Waals surface area (Å²) in [6, 6.07) is 1.98. The highest BCUT2D eigenvalue weighted by molar-refractivity contribution is 5.46. The number of hydrogen-bond donors (Lipinski definition) is 1. The van der Waals surface area contributed by atoms with E-state index in [1.807, 2.05) is 16.9 Å². The zero-order valence-corrected chi connectivity index (χ0v) is 15.4. The molecule has 0 aromatic carbocycles. The number of ether oxygens (including phenoxy) is 1. The highest BCUT2D eigenvalue weighted by Gasteiger charge is 2.27. The van der Waals surface area contributed by atoms with E-state index in [9.17, 15) is 5.11 Å². The molecule has 7 nitrogen and oxygen atoms in total. The molecule has 1 saturated carbocycles. The molecule has 2 aliphatic carbocycles. The average molecular weight is 367 g/mol. The number of morpholine rings is 1. The summed E-state index contributed by atoms with van der Waals surface area (Å²) >= 11 is 0. The van der Waals surface area contributed by atoms with Crippen molar-refractivity contribution in [1.82, 2.24) is 19.7 Å². The van der Waals surface area contributed by atoms with Crippen LogP contribution in [0.25, 0.3) is 18.0 Å². The highest BCUT2D eigenvalue weighted by Crippen LogP contribution is 2.36. The van der Waals surface area contributed by atoms with Crippen molar-refractivity contribution in [2.45, 2.75) is 31.8 Å². The van der Waals surface area contributed by atoms with Gasteiger partial charge in [0, 0.05) is 24.4 Å². The van der Waals surface area contributed by atoms with Crippen LogP contribution in [0.3, 0.4) is 0 Å². The second-order valence-electron chi connectivity index (χ2n) is 7.71. The van der Waals surface area contributed by atoms with Crippen LogP contribution >= 0.6 is 0 Å². The van der Waals surface area contributed by atoms with Crippen LogP contribution in [0.15, 0.2) is 18.6 Å². The number of rotatable bonds is 4. The summed E-state index contributed by atoms with van der Waals surface area (Å²) < 4.78 is 7.48. The predicted octanol–water partition coefficient (Wildman–Crippen LogP) is 0.241. The van der Waals surface area contributed by atoms with Crippen molar-refractivity contribution >= 4 is 18.0 Å². The summed E-state index contributed by atoms with van der Waals surface area (Å²) in [5.74, 6) is 3.07. The number of aromatic nitrogens is 4. The molecule has 27 heavy (non-hydrogen) atoms. The van der Waals surface area contributed by atoms with Crippen LogP contribution in [0.5, 0.6) is 0 Å². The second-order valence-corrected chi connectivity index (χ2v) is 7.71. The van der Waals surface area contributed by atoms with Crippen LogP contribution in [0, 0.1) is 11.8 Å². The van der Waals surface area contributed by atoms with Crippen LogP contribution in [-0.4, -0.2) is 57.3 Å². The predicted molar refractivity (Wildman–Crippen MR) is 102 cm³/mol. The SMILES string of the molecule is OCC1CN(c2cc(-n3ncc4c3=CC(C3CCC3)CC=4)ncn2)CCO1. The van der Waals surface area contributed by atoms with Gasteiger partial charge in [-0.15, -0.1) is 0 Å². The molecule has 3 aliphatic rings. The van der Waals surface area contributed by atoms with Crippen LogP contribution in [-0.2, 0) is 4.74 Å². The van der Waals surface area contributed by atoms with E-state index in [0.29, 0.717) is 19.1 Å². The molecule has 7 heteroatoms. The highest BCUT2D eigenvalue weighted by atomic mass is 16.5. The molecule has 3 heterocycles. The van der Waals surface area contributed by atoms with Gasteiger partial charge < -0.3 is 14.7 Å². The van der Waals surface area contributed by atoms with E-state index in [1.165, 1.54) is 24.5 Å². The number of hydrogen-bond acceptors (Lipinski definition) is 6. The summed E-state index contributed by atoms with van der Waals surface area (Å²) in [6.45, 7) is 2.00. The fourth-order valence-electron chi connectivity index (χ4n) is 4.27. The maximum atomic E-state index is 9.38. The maximum absolute atomic E-state index is 9.38. The van der Waals surface area contributed by atoms with Crippen LogP contribution in [0.2, 0.25) is 0 Å². The summed E-state index contributed by atoms with van der Waals surface area (Å²) in [6.07, 6.45) is 13.3. The topological polar surface area (TPSA) is 76.3 Å². The van der Waals surface area contributed by atoms with Gasteiger partial charge in [-0.3, -0.25) is 0 Å². The zero-order chi connectivity index (χ0) is 18.2. The minimum absolute atomic E-state index is 0.0223. The first-order valence-electron chi connectivity index (χ1n) is 9.88. The van der Waals surface area contributed by atoms with E-state index in [-0.39, 0.29) is 12.7 Å². The molecule has 5 rings (SSSR count). The molecular formula is C20H25N5O2. The number of anilines is 1. The quantitative estimate of drug-likeness (QED) is 0.834. The van der Waals surface area contributed by atoms with E-state index in [0.717, 1.165) is 35.9 Å². The largest absolute Gasteiger partial charge is 0.394 e. The zero-order valence-electron chi connectivity index (χ0n) is 15.4. The molecule has 2 aromatic rings. The fraction of sp³-hybridized carbons (Fsp3) is 0.550. The average Bonchev–Trinajstić information content (AvgIpc) is 3.10. The first kappa shape index (κ1) is 16.9. The Morgan fingerprint density at radius 1 is 1.22 bits per heavy atom. The van der Waals surface area contributed by atoms with Crippen molar-refractivity contribution in [3.05, 3.63) is 29.2 Å². The van der Waals surface area contributed by atoms with Gasteiger partial charge >= 0.3 is 0 Å². The second kappa shape index (κ2) is 7.05. The Hall–Kier alpha value is -2.25. The molecule has 142 valence electrons. The van der Waals surface area contributed by atoms with Crippen molar-refractivity contribution in [1.29, 1.82) is 0 Å². The van der Waals surface area contributed by atoms with Crippen molar-refractivity contribution in [2.24, 2.45) is 11.8 Å². The molecule has 2 atom stereocenters. The van der Waals surface area contributed by atoms with Gasteiger partial charge in [0.15, 0.2) is 5.82 Å². The lowest BCUT2D eigenvalue weighted by Crippen LogP contribution is -2.44. The van der Waals surface area contributed by atoms with E-state index >= 15 is 0 Å². The summed E-state index contributed by atoms with van der Waals surface area (Å²) in [5.41, 5.74) is 0. The lowest BCUT2D eigenvalue weighted by Gasteiger charge is -2.33.